The van der Waals surface area contributed by atoms with Gasteiger partial charge in [0.1, 0.15) is 5.82 Å². The Hall–Kier alpha value is -1.03. The van der Waals surface area contributed by atoms with Crippen molar-refractivity contribution in [1.29, 1.82) is 0 Å². The van der Waals surface area contributed by atoms with E-state index in [1.165, 1.54) is 31.2 Å². The molecule has 0 spiro atoms. The summed E-state index contributed by atoms with van der Waals surface area (Å²) >= 11 is 0. The fourth-order valence-corrected chi connectivity index (χ4v) is 1.96. The summed E-state index contributed by atoms with van der Waals surface area (Å²) < 4.78 is 38.3. The van der Waals surface area contributed by atoms with E-state index < -0.39 is 23.8 Å². The van der Waals surface area contributed by atoms with Gasteiger partial charge in [0.05, 0.1) is 11.5 Å². The van der Waals surface area contributed by atoms with Gasteiger partial charge in [0, 0.05) is 0 Å². The van der Waals surface area contributed by atoms with Crippen LogP contribution < -0.4 is 0 Å². The highest BCUT2D eigenvalue weighted by Crippen LogP contribution is 2.37. The van der Waals surface area contributed by atoms with E-state index >= 15 is 0 Å². The third-order valence-electron chi connectivity index (χ3n) is 3.11. The third kappa shape index (κ3) is 3.00. The Kier molecular flexibility index (Phi) is 4.57. The van der Waals surface area contributed by atoms with E-state index in [-0.39, 0.29) is 6.42 Å². The van der Waals surface area contributed by atoms with Crippen molar-refractivity contribution in [2.24, 2.45) is 5.92 Å². The molecular formula is C13H17F3O. The molecule has 1 nitrogen and oxygen atoms in total. The quantitative estimate of drug-likeness (QED) is 0.839. The Morgan fingerprint density at radius 2 is 1.76 bits per heavy atom. The summed E-state index contributed by atoms with van der Waals surface area (Å²) in [7, 11) is 0. The van der Waals surface area contributed by atoms with Gasteiger partial charge >= 0.3 is 0 Å². The molecule has 17 heavy (non-hydrogen) atoms. The first-order valence-electron chi connectivity index (χ1n) is 5.68. The van der Waals surface area contributed by atoms with Gasteiger partial charge < -0.3 is 5.11 Å². The average molecular weight is 246 g/mol. The zero-order valence-corrected chi connectivity index (χ0v) is 9.96. The van der Waals surface area contributed by atoms with Gasteiger partial charge in [-0.25, -0.2) is 13.2 Å². The first-order chi connectivity index (χ1) is 7.91. The molecule has 1 rings (SSSR count). The number of hydrogen-bond donors (Lipinski definition) is 1. The molecule has 0 aliphatic heterocycles. The molecule has 1 aromatic carbocycles. The van der Waals surface area contributed by atoms with Crippen LogP contribution in [0.5, 0.6) is 0 Å². The zero-order valence-electron chi connectivity index (χ0n) is 9.96. The van der Waals surface area contributed by atoms with Gasteiger partial charge in [-0.05, 0) is 24.1 Å². The average Bonchev–Trinajstić information content (AvgIpc) is 2.28. The monoisotopic (exact) mass is 246 g/mol. The predicted molar refractivity (Wildman–Crippen MR) is 60.4 cm³/mol. The predicted octanol–water partition coefficient (Wildman–Crippen LogP) is 3.71. The summed E-state index contributed by atoms with van der Waals surface area (Å²) in [6, 6.07) is 5.08. The van der Waals surface area contributed by atoms with Crippen molar-refractivity contribution in [3.63, 3.8) is 0 Å². The van der Waals surface area contributed by atoms with Crippen LogP contribution in [0.1, 0.15) is 32.3 Å². The molecule has 0 amide bonds. The highest BCUT2D eigenvalue weighted by atomic mass is 19.3. The third-order valence-corrected chi connectivity index (χ3v) is 3.11. The number of aliphatic hydroxyl groups is 1. The van der Waals surface area contributed by atoms with Crippen molar-refractivity contribution in [3.8, 4) is 0 Å². The Bertz CT molecular complexity index is 350. The minimum Gasteiger partial charge on any atom is -0.385 e. The van der Waals surface area contributed by atoms with Gasteiger partial charge in [-0.1, -0.05) is 32.4 Å². The molecule has 2 atom stereocenters. The fraction of sp³-hybridized carbons (Fsp3) is 0.538. The van der Waals surface area contributed by atoms with Crippen molar-refractivity contribution in [1.82, 2.24) is 0 Å². The number of halogens is 3. The second-order valence-corrected chi connectivity index (χ2v) is 4.30. The normalized spacial score (nSPS) is 16.9. The summed E-state index contributed by atoms with van der Waals surface area (Å²) in [6.07, 6.45) is -1.81. The molecule has 0 bridgehead atoms. The molecule has 1 N–H and O–H groups in total. The van der Waals surface area contributed by atoms with Crippen LogP contribution in [0.25, 0.3) is 0 Å². The van der Waals surface area contributed by atoms with Gasteiger partial charge in [0.25, 0.3) is 0 Å². The molecule has 0 aliphatic carbocycles. The summed E-state index contributed by atoms with van der Waals surface area (Å²) in [5.41, 5.74) is -1.26. The summed E-state index contributed by atoms with van der Waals surface area (Å²) in [6.45, 7) is 3.12. The Labute approximate surface area is 99.3 Å². The van der Waals surface area contributed by atoms with Gasteiger partial charge in [-0.2, -0.15) is 0 Å². The van der Waals surface area contributed by atoms with Crippen LogP contribution in [0, 0.1) is 11.7 Å². The first-order valence-corrected chi connectivity index (χ1v) is 5.68. The minimum atomic E-state index is -2.61. The standard InChI is InChI=1S/C13H17F3O/c1-3-8-13(17,9(2)12(15)16)10-4-6-11(14)7-5-10/h4-7,9,12,17H,3,8H2,1-2H3. The number of hydrogen-bond acceptors (Lipinski definition) is 1. The topological polar surface area (TPSA) is 20.2 Å². The molecule has 0 aliphatic rings. The molecular weight excluding hydrogens is 229 g/mol. The molecule has 0 saturated heterocycles. The van der Waals surface area contributed by atoms with Gasteiger partial charge in [-0.15, -0.1) is 0 Å². The number of rotatable bonds is 5. The van der Waals surface area contributed by atoms with Crippen LogP contribution in [-0.4, -0.2) is 11.5 Å². The van der Waals surface area contributed by atoms with Crippen molar-refractivity contribution >= 4 is 0 Å². The maximum atomic E-state index is 12.8. The Morgan fingerprint density at radius 3 is 2.18 bits per heavy atom. The molecule has 0 heterocycles. The molecule has 2 unspecified atom stereocenters. The van der Waals surface area contributed by atoms with Gasteiger partial charge in [0.15, 0.2) is 0 Å². The van der Waals surface area contributed by atoms with Crippen LogP contribution in [0.3, 0.4) is 0 Å². The van der Waals surface area contributed by atoms with Crippen LogP contribution in [-0.2, 0) is 5.60 Å². The highest BCUT2D eigenvalue weighted by Gasteiger charge is 2.39. The maximum Gasteiger partial charge on any atom is 0.244 e. The van der Waals surface area contributed by atoms with Crippen LogP contribution in [0.15, 0.2) is 24.3 Å². The van der Waals surface area contributed by atoms with E-state index in [4.69, 9.17) is 0 Å². The lowest BCUT2D eigenvalue weighted by atomic mass is 9.79. The van der Waals surface area contributed by atoms with Gasteiger partial charge in [-0.3, -0.25) is 0 Å². The molecule has 96 valence electrons. The molecule has 4 heteroatoms. The zero-order chi connectivity index (χ0) is 13.1. The van der Waals surface area contributed by atoms with Gasteiger partial charge in [0.2, 0.25) is 6.43 Å². The largest absolute Gasteiger partial charge is 0.385 e. The Morgan fingerprint density at radius 1 is 1.24 bits per heavy atom. The van der Waals surface area contributed by atoms with Crippen molar-refractivity contribution in [3.05, 3.63) is 35.6 Å². The first kappa shape index (κ1) is 14.0. The lowest BCUT2D eigenvalue weighted by Gasteiger charge is -2.34. The smallest absolute Gasteiger partial charge is 0.244 e. The van der Waals surface area contributed by atoms with E-state index in [2.05, 4.69) is 0 Å². The second kappa shape index (κ2) is 5.54. The van der Waals surface area contributed by atoms with Crippen molar-refractivity contribution in [2.45, 2.75) is 38.7 Å². The number of benzene rings is 1. The van der Waals surface area contributed by atoms with Crippen LogP contribution in [0.2, 0.25) is 0 Å². The summed E-state index contributed by atoms with van der Waals surface area (Å²) in [4.78, 5) is 0. The molecule has 0 saturated carbocycles. The Balaban J connectivity index is 3.10. The molecule has 0 fully saturated rings. The highest BCUT2D eigenvalue weighted by molar-refractivity contribution is 5.24. The lowest BCUT2D eigenvalue weighted by molar-refractivity contribution is -0.0879. The van der Waals surface area contributed by atoms with Crippen LogP contribution >= 0.6 is 0 Å². The SMILES string of the molecule is CCCC(O)(c1ccc(F)cc1)C(C)C(F)F. The summed E-state index contributed by atoms with van der Waals surface area (Å²) in [5.74, 6) is -1.63. The van der Waals surface area contributed by atoms with E-state index in [0.717, 1.165) is 0 Å². The number of alkyl halides is 2. The van der Waals surface area contributed by atoms with E-state index in [9.17, 15) is 18.3 Å². The maximum absolute atomic E-state index is 12.8. The van der Waals surface area contributed by atoms with E-state index in [0.29, 0.717) is 12.0 Å². The minimum absolute atomic E-state index is 0.226. The van der Waals surface area contributed by atoms with Crippen molar-refractivity contribution in [2.75, 3.05) is 0 Å². The van der Waals surface area contributed by atoms with Crippen molar-refractivity contribution < 1.29 is 18.3 Å². The second-order valence-electron chi connectivity index (χ2n) is 4.30. The molecule has 1 aromatic rings. The molecule has 0 aromatic heterocycles. The van der Waals surface area contributed by atoms with Crippen LogP contribution in [0.4, 0.5) is 13.2 Å². The van der Waals surface area contributed by atoms with E-state index in [1.807, 2.05) is 6.92 Å². The molecule has 0 radical (unpaired) electrons. The van der Waals surface area contributed by atoms with E-state index in [1.54, 1.807) is 0 Å². The lowest BCUT2D eigenvalue weighted by Crippen LogP contribution is -2.37. The summed E-state index contributed by atoms with van der Waals surface area (Å²) in [5, 5.41) is 10.4. The fourth-order valence-electron chi connectivity index (χ4n) is 1.96.